The molecule has 1 heterocycles. The molecule has 0 spiro atoms. The van der Waals surface area contributed by atoms with Gasteiger partial charge in [0.25, 0.3) is 0 Å². The highest BCUT2D eigenvalue weighted by Gasteiger charge is 2.05. The van der Waals surface area contributed by atoms with Crippen LogP contribution >= 0.6 is 0 Å². The summed E-state index contributed by atoms with van der Waals surface area (Å²) in [6.45, 7) is 2.05. The van der Waals surface area contributed by atoms with Crippen molar-refractivity contribution < 1.29 is 5.11 Å². The molecular formula is C10H12N2O2. The molecule has 0 fully saturated rings. The summed E-state index contributed by atoms with van der Waals surface area (Å²) in [5.41, 5.74) is 2.40. The second kappa shape index (κ2) is 3.31. The van der Waals surface area contributed by atoms with E-state index in [1.165, 1.54) is 0 Å². The standard InChI is InChI=1S/C10H12N2O2/c1-6(5-13)7-2-3-8-9(4-7)12-10(14)11-8/h2-4,6,13H,5H2,1H3,(H2,11,12,14). The van der Waals surface area contributed by atoms with Crippen molar-refractivity contribution in [1.29, 1.82) is 0 Å². The number of aliphatic hydroxyl groups is 1. The maximum atomic E-state index is 11.0. The molecule has 0 aliphatic carbocycles. The second-order valence-electron chi connectivity index (χ2n) is 3.47. The predicted molar refractivity (Wildman–Crippen MR) is 54.4 cm³/mol. The fourth-order valence-corrected chi connectivity index (χ4v) is 1.46. The van der Waals surface area contributed by atoms with Crippen LogP contribution in [-0.4, -0.2) is 21.7 Å². The Morgan fingerprint density at radius 3 is 2.79 bits per heavy atom. The van der Waals surface area contributed by atoms with Crippen LogP contribution in [0.3, 0.4) is 0 Å². The lowest BCUT2D eigenvalue weighted by Gasteiger charge is -2.07. The fraction of sp³-hybridized carbons (Fsp3) is 0.300. The summed E-state index contributed by atoms with van der Waals surface area (Å²) >= 11 is 0. The number of nitrogens with one attached hydrogen (secondary N) is 2. The average Bonchev–Trinajstić information content (AvgIpc) is 2.55. The fourth-order valence-electron chi connectivity index (χ4n) is 1.46. The van der Waals surface area contributed by atoms with E-state index in [4.69, 9.17) is 5.11 Å². The Hall–Kier alpha value is -1.55. The van der Waals surface area contributed by atoms with Crippen LogP contribution in [0.15, 0.2) is 23.0 Å². The lowest BCUT2D eigenvalue weighted by Crippen LogP contribution is -1.99. The summed E-state index contributed by atoms with van der Waals surface area (Å²) in [5.74, 6) is 0.0952. The number of fused-ring (bicyclic) bond motifs is 1. The van der Waals surface area contributed by atoms with Crippen molar-refractivity contribution in [2.24, 2.45) is 0 Å². The Bertz CT molecular complexity index is 498. The number of aromatic amines is 2. The van der Waals surface area contributed by atoms with Crippen molar-refractivity contribution >= 4 is 11.0 Å². The molecule has 14 heavy (non-hydrogen) atoms. The van der Waals surface area contributed by atoms with Gasteiger partial charge >= 0.3 is 5.69 Å². The van der Waals surface area contributed by atoms with Gasteiger partial charge in [0.05, 0.1) is 11.0 Å². The number of H-pyrrole nitrogens is 2. The van der Waals surface area contributed by atoms with Gasteiger partial charge in [0, 0.05) is 12.5 Å². The molecule has 74 valence electrons. The number of aliphatic hydroxyl groups excluding tert-OH is 1. The Balaban J connectivity index is 2.55. The number of benzene rings is 1. The maximum absolute atomic E-state index is 11.0. The van der Waals surface area contributed by atoms with E-state index >= 15 is 0 Å². The lowest BCUT2D eigenvalue weighted by atomic mass is 10.0. The van der Waals surface area contributed by atoms with E-state index in [0.29, 0.717) is 0 Å². The molecule has 0 radical (unpaired) electrons. The minimum absolute atomic E-state index is 0.0952. The first-order valence-electron chi connectivity index (χ1n) is 4.53. The number of imidazole rings is 1. The van der Waals surface area contributed by atoms with Crippen LogP contribution in [-0.2, 0) is 0 Å². The summed E-state index contributed by atoms with van der Waals surface area (Å²) in [4.78, 5) is 16.3. The minimum atomic E-state index is -0.200. The Labute approximate surface area is 80.6 Å². The van der Waals surface area contributed by atoms with E-state index in [1.807, 2.05) is 25.1 Å². The van der Waals surface area contributed by atoms with E-state index in [-0.39, 0.29) is 18.2 Å². The number of rotatable bonds is 2. The van der Waals surface area contributed by atoms with E-state index in [2.05, 4.69) is 9.97 Å². The van der Waals surface area contributed by atoms with Crippen LogP contribution < -0.4 is 5.69 Å². The van der Waals surface area contributed by atoms with Gasteiger partial charge in [0.2, 0.25) is 0 Å². The van der Waals surface area contributed by atoms with Crippen LogP contribution in [0.1, 0.15) is 18.4 Å². The molecule has 2 rings (SSSR count). The molecule has 0 aliphatic heterocycles. The molecule has 0 amide bonds. The monoisotopic (exact) mass is 192 g/mol. The molecule has 1 atom stereocenters. The predicted octanol–water partition coefficient (Wildman–Crippen LogP) is 0.952. The molecule has 0 aliphatic rings. The maximum Gasteiger partial charge on any atom is 0.323 e. The molecule has 2 aromatic rings. The Morgan fingerprint density at radius 2 is 2.07 bits per heavy atom. The Morgan fingerprint density at radius 1 is 1.36 bits per heavy atom. The zero-order chi connectivity index (χ0) is 10.1. The third kappa shape index (κ3) is 1.44. The van der Waals surface area contributed by atoms with Crippen LogP contribution in [0.2, 0.25) is 0 Å². The number of aromatic nitrogens is 2. The van der Waals surface area contributed by atoms with Crippen molar-refractivity contribution in [1.82, 2.24) is 9.97 Å². The molecule has 3 N–H and O–H groups in total. The normalized spacial score (nSPS) is 13.3. The van der Waals surface area contributed by atoms with Crippen LogP contribution in [0, 0.1) is 0 Å². The van der Waals surface area contributed by atoms with Gasteiger partial charge in [0.1, 0.15) is 0 Å². The van der Waals surface area contributed by atoms with Crippen molar-refractivity contribution in [3.63, 3.8) is 0 Å². The zero-order valence-electron chi connectivity index (χ0n) is 7.87. The molecule has 0 bridgehead atoms. The first-order chi connectivity index (χ1) is 6.70. The average molecular weight is 192 g/mol. The molecule has 0 saturated heterocycles. The van der Waals surface area contributed by atoms with Crippen molar-refractivity contribution in [2.75, 3.05) is 6.61 Å². The largest absolute Gasteiger partial charge is 0.396 e. The first-order valence-corrected chi connectivity index (χ1v) is 4.53. The van der Waals surface area contributed by atoms with E-state index < -0.39 is 0 Å². The van der Waals surface area contributed by atoms with Gasteiger partial charge in [-0.1, -0.05) is 13.0 Å². The summed E-state index contributed by atoms with van der Waals surface area (Å²) in [6, 6.07) is 5.63. The van der Waals surface area contributed by atoms with Gasteiger partial charge in [-0.25, -0.2) is 4.79 Å². The lowest BCUT2D eigenvalue weighted by molar-refractivity contribution is 0.273. The van der Waals surface area contributed by atoms with Gasteiger partial charge in [-0.05, 0) is 17.7 Å². The highest BCUT2D eigenvalue weighted by Crippen LogP contribution is 2.17. The molecule has 4 heteroatoms. The summed E-state index contributed by atoms with van der Waals surface area (Å²) < 4.78 is 0. The highest BCUT2D eigenvalue weighted by molar-refractivity contribution is 5.75. The highest BCUT2D eigenvalue weighted by atomic mass is 16.3. The molecule has 1 aromatic heterocycles. The van der Waals surface area contributed by atoms with Crippen LogP contribution in [0.25, 0.3) is 11.0 Å². The van der Waals surface area contributed by atoms with Crippen molar-refractivity contribution in [2.45, 2.75) is 12.8 Å². The van der Waals surface area contributed by atoms with E-state index in [1.54, 1.807) is 0 Å². The van der Waals surface area contributed by atoms with Gasteiger partial charge in [-0.3, -0.25) is 0 Å². The van der Waals surface area contributed by atoms with Crippen molar-refractivity contribution in [3.05, 3.63) is 34.2 Å². The summed E-state index contributed by atoms with van der Waals surface area (Å²) in [6.07, 6.45) is 0. The second-order valence-corrected chi connectivity index (χ2v) is 3.47. The van der Waals surface area contributed by atoms with Gasteiger partial charge in [0.15, 0.2) is 0 Å². The molecular weight excluding hydrogens is 180 g/mol. The van der Waals surface area contributed by atoms with E-state index in [9.17, 15) is 4.79 Å². The zero-order valence-corrected chi connectivity index (χ0v) is 7.87. The quantitative estimate of drug-likeness (QED) is 0.663. The molecule has 4 nitrogen and oxygen atoms in total. The summed E-state index contributed by atoms with van der Waals surface area (Å²) in [7, 11) is 0. The molecule has 1 unspecified atom stereocenters. The van der Waals surface area contributed by atoms with Crippen LogP contribution in [0.4, 0.5) is 0 Å². The van der Waals surface area contributed by atoms with E-state index in [0.717, 1.165) is 16.6 Å². The SMILES string of the molecule is CC(CO)c1ccc2[nH]c(=O)[nH]c2c1. The topological polar surface area (TPSA) is 68.9 Å². The third-order valence-electron chi connectivity index (χ3n) is 2.38. The van der Waals surface area contributed by atoms with Gasteiger partial charge < -0.3 is 15.1 Å². The van der Waals surface area contributed by atoms with Gasteiger partial charge in [-0.15, -0.1) is 0 Å². The minimum Gasteiger partial charge on any atom is -0.396 e. The van der Waals surface area contributed by atoms with Gasteiger partial charge in [-0.2, -0.15) is 0 Å². The van der Waals surface area contributed by atoms with Crippen LogP contribution in [0.5, 0.6) is 0 Å². The molecule has 1 aromatic carbocycles. The Kier molecular flexibility index (Phi) is 2.13. The third-order valence-corrected chi connectivity index (χ3v) is 2.38. The summed E-state index contributed by atoms with van der Waals surface area (Å²) in [5, 5.41) is 8.99. The number of hydrogen-bond acceptors (Lipinski definition) is 2. The molecule has 0 saturated carbocycles. The number of hydrogen-bond donors (Lipinski definition) is 3. The first kappa shape index (κ1) is 9.02. The smallest absolute Gasteiger partial charge is 0.323 e. The van der Waals surface area contributed by atoms with Crippen molar-refractivity contribution in [3.8, 4) is 0 Å².